The Morgan fingerprint density at radius 2 is 1.31 bits per heavy atom. The minimum Gasteiger partial charge on any atom is -0.508 e. The van der Waals surface area contributed by atoms with E-state index in [9.17, 15) is 19.8 Å². The fourth-order valence-electron chi connectivity index (χ4n) is 4.95. The molecule has 0 radical (unpaired) electrons. The molecule has 0 aliphatic carbocycles. The first-order chi connectivity index (χ1) is 19.0. The van der Waals surface area contributed by atoms with E-state index in [4.69, 9.17) is 9.15 Å². The van der Waals surface area contributed by atoms with Gasteiger partial charge in [-0.15, -0.1) is 0 Å². The molecule has 1 heterocycles. The van der Waals surface area contributed by atoms with Gasteiger partial charge in [-0.25, -0.2) is 0 Å². The molecule has 6 nitrogen and oxygen atoms in total. The number of rotatable bonds is 18. The Hall–Kier alpha value is -3.28. The number of hydrogen-bond acceptors (Lipinski definition) is 6. The summed E-state index contributed by atoms with van der Waals surface area (Å²) in [5.41, 5.74) is -0.0925. The number of phenolic OH excluding ortho intramolecular Hbond substituents is 2. The van der Waals surface area contributed by atoms with Crippen molar-refractivity contribution in [1.82, 2.24) is 0 Å². The van der Waals surface area contributed by atoms with Crippen LogP contribution in [0.4, 0.5) is 0 Å². The molecule has 0 saturated carbocycles. The molecular formula is C33H44O6. The Morgan fingerprint density at radius 1 is 0.769 bits per heavy atom. The smallest absolute Gasteiger partial charge is 0.311 e. The zero-order chi connectivity index (χ0) is 27.9. The highest BCUT2D eigenvalue weighted by Crippen LogP contribution is 2.35. The van der Waals surface area contributed by atoms with Crippen molar-refractivity contribution in [2.24, 2.45) is 0 Å². The van der Waals surface area contributed by atoms with Crippen LogP contribution in [-0.4, -0.2) is 16.2 Å². The number of aromatic hydroxyl groups is 2. The SMILES string of the molecule is CCCCCCCCCCCCCCCCCC(=O)Oc1c(-c2ccccc2)oc2cc(O)cc(O)c2c1=O. The summed E-state index contributed by atoms with van der Waals surface area (Å²) in [6.45, 7) is 2.26. The van der Waals surface area contributed by atoms with Gasteiger partial charge in [0, 0.05) is 24.1 Å². The highest BCUT2D eigenvalue weighted by molar-refractivity contribution is 5.89. The lowest BCUT2D eigenvalue weighted by Gasteiger charge is -2.11. The van der Waals surface area contributed by atoms with Crippen LogP contribution in [0.15, 0.2) is 51.7 Å². The van der Waals surface area contributed by atoms with Gasteiger partial charge in [-0.2, -0.15) is 0 Å². The second kappa shape index (κ2) is 16.6. The standard InChI is InChI=1S/C33H44O6/c1-2-3-4-5-6-7-8-9-10-11-12-13-14-15-19-22-29(36)39-33-31(37)30-27(35)23-26(34)24-28(30)38-32(33)25-20-17-16-18-21-25/h16-18,20-21,23-24,34-35H,2-15,19,22H2,1H3. The van der Waals surface area contributed by atoms with E-state index < -0.39 is 17.1 Å². The van der Waals surface area contributed by atoms with Gasteiger partial charge in [0.25, 0.3) is 0 Å². The Kier molecular flexibility index (Phi) is 12.9. The Balaban J connectivity index is 1.42. The molecule has 212 valence electrons. The van der Waals surface area contributed by atoms with Crippen LogP contribution in [0, 0.1) is 0 Å². The van der Waals surface area contributed by atoms with E-state index in [1.165, 1.54) is 83.1 Å². The Morgan fingerprint density at radius 3 is 1.87 bits per heavy atom. The molecule has 0 aliphatic rings. The van der Waals surface area contributed by atoms with Crippen LogP contribution >= 0.6 is 0 Å². The van der Waals surface area contributed by atoms with Crippen molar-refractivity contribution in [1.29, 1.82) is 0 Å². The van der Waals surface area contributed by atoms with Gasteiger partial charge in [0.2, 0.25) is 11.2 Å². The first-order valence-corrected chi connectivity index (χ1v) is 14.8. The molecule has 0 fully saturated rings. The number of unbranched alkanes of at least 4 members (excludes halogenated alkanes) is 14. The first-order valence-electron chi connectivity index (χ1n) is 14.8. The lowest BCUT2D eigenvalue weighted by atomic mass is 10.0. The van der Waals surface area contributed by atoms with Crippen LogP contribution in [0.5, 0.6) is 17.2 Å². The number of ether oxygens (including phenoxy) is 1. The summed E-state index contributed by atoms with van der Waals surface area (Å²) in [7, 11) is 0. The lowest BCUT2D eigenvalue weighted by molar-refractivity contribution is -0.134. The number of esters is 1. The summed E-state index contributed by atoms with van der Waals surface area (Å²) in [6.07, 6.45) is 18.8. The van der Waals surface area contributed by atoms with Crippen molar-refractivity contribution in [2.75, 3.05) is 0 Å². The number of phenols is 2. The maximum absolute atomic E-state index is 13.2. The van der Waals surface area contributed by atoms with Crippen LogP contribution in [0.3, 0.4) is 0 Å². The molecule has 3 rings (SSSR count). The average molecular weight is 537 g/mol. The molecule has 1 aromatic heterocycles. The molecule has 0 bridgehead atoms. The van der Waals surface area contributed by atoms with E-state index in [1.807, 2.05) is 6.07 Å². The molecule has 2 aromatic carbocycles. The largest absolute Gasteiger partial charge is 0.508 e. The third kappa shape index (κ3) is 9.76. The molecule has 0 spiro atoms. The van der Waals surface area contributed by atoms with Gasteiger partial charge in [0.05, 0.1) is 0 Å². The molecule has 39 heavy (non-hydrogen) atoms. The van der Waals surface area contributed by atoms with Crippen LogP contribution in [0.1, 0.15) is 110 Å². The minimum absolute atomic E-state index is 0.0126. The zero-order valence-electron chi connectivity index (χ0n) is 23.4. The van der Waals surface area contributed by atoms with Gasteiger partial charge >= 0.3 is 5.97 Å². The average Bonchev–Trinajstić information content (AvgIpc) is 2.92. The molecule has 0 aliphatic heterocycles. The number of carbonyl (C=O) groups is 1. The predicted molar refractivity (Wildman–Crippen MR) is 156 cm³/mol. The maximum atomic E-state index is 13.2. The van der Waals surface area contributed by atoms with Gasteiger partial charge in [0.1, 0.15) is 22.5 Å². The summed E-state index contributed by atoms with van der Waals surface area (Å²) in [5.74, 6) is -1.34. The molecule has 0 unspecified atom stereocenters. The summed E-state index contributed by atoms with van der Waals surface area (Å²) >= 11 is 0. The quantitative estimate of drug-likeness (QED) is 0.124. The van der Waals surface area contributed by atoms with Gasteiger partial charge < -0.3 is 19.4 Å². The van der Waals surface area contributed by atoms with E-state index in [1.54, 1.807) is 24.3 Å². The third-order valence-corrected chi connectivity index (χ3v) is 7.15. The van der Waals surface area contributed by atoms with Crippen LogP contribution in [-0.2, 0) is 4.79 Å². The molecule has 3 aromatic rings. The number of hydrogen-bond donors (Lipinski definition) is 2. The monoisotopic (exact) mass is 536 g/mol. The van der Waals surface area contributed by atoms with E-state index in [-0.39, 0.29) is 34.6 Å². The van der Waals surface area contributed by atoms with Crippen molar-refractivity contribution in [3.8, 4) is 28.6 Å². The van der Waals surface area contributed by atoms with Gasteiger partial charge in [-0.05, 0) is 6.42 Å². The molecule has 0 amide bonds. The maximum Gasteiger partial charge on any atom is 0.311 e. The molecule has 6 heteroatoms. The summed E-state index contributed by atoms with van der Waals surface area (Å²) < 4.78 is 11.4. The minimum atomic E-state index is -0.655. The van der Waals surface area contributed by atoms with Crippen molar-refractivity contribution < 1.29 is 24.2 Å². The Bertz CT molecular complexity index is 1210. The van der Waals surface area contributed by atoms with E-state index >= 15 is 0 Å². The van der Waals surface area contributed by atoms with Gasteiger partial charge in [-0.3, -0.25) is 9.59 Å². The highest BCUT2D eigenvalue weighted by Gasteiger charge is 2.22. The van der Waals surface area contributed by atoms with Crippen LogP contribution in [0.25, 0.3) is 22.3 Å². The van der Waals surface area contributed by atoms with E-state index in [0.717, 1.165) is 18.9 Å². The summed E-state index contributed by atoms with van der Waals surface area (Å²) in [5, 5.41) is 19.9. The molecular weight excluding hydrogens is 492 g/mol. The number of fused-ring (bicyclic) bond motifs is 1. The van der Waals surface area contributed by atoms with Crippen LogP contribution in [0.2, 0.25) is 0 Å². The fraction of sp³-hybridized carbons (Fsp3) is 0.515. The van der Waals surface area contributed by atoms with Gasteiger partial charge in [0.15, 0.2) is 5.76 Å². The topological polar surface area (TPSA) is 97.0 Å². The Labute approximate surface area is 232 Å². The molecule has 0 saturated heterocycles. The number of benzene rings is 2. The lowest BCUT2D eigenvalue weighted by Crippen LogP contribution is -2.16. The molecule has 2 N–H and O–H groups in total. The van der Waals surface area contributed by atoms with E-state index in [0.29, 0.717) is 12.0 Å². The number of carbonyl (C=O) groups excluding carboxylic acids is 1. The van der Waals surface area contributed by atoms with Crippen LogP contribution < -0.4 is 10.2 Å². The zero-order valence-corrected chi connectivity index (χ0v) is 23.4. The van der Waals surface area contributed by atoms with Gasteiger partial charge in [-0.1, -0.05) is 127 Å². The van der Waals surface area contributed by atoms with Crippen molar-refractivity contribution in [3.05, 3.63) is 52.7 Å². The van der Waals surface area contributed by atoms with E-state index in [2.05, 4.69) is 6.92 Å². The van der Waals surface area contributed by atoms with Crippen molar-refractivity contribution in [3.63, 3.8) is 0 Å². The highest BCUT2D eigenvalue weighted by atomic mass is 16.5. The second-order valence-corrected chi connectivity index (χ2v) is 10.5. The first kappa shape index (κ1) is 30.3. The summed E-state index contributed by atoms with van der Waals surface area (Å²) in [4.78, 5) is 25.9. The fourth-order valence-corrected chi connectivity index (χ4v) is 4.95. The predicted octanol–water partition coefficient (Wildman–Crippen LogP) is 9.04. The van der Waals surface area contributed by atoms with Crippen molar-refractivity contribution in [2.45, 2.75) is 110 Å². The molecule has 0 atom stereocenters. The summed E-state index contributed by atoms with van der Waals surface area (Å²) in [6, 6.07) is 11.2. The third-order valence-electron chi connectivity index (χ3n) is 7.15. The normalized spacial score (nSPS) is 11.2. The van der Waals surface area contributed by atoms with Crippen molar-refractivity contribution >= 4 is 16.9 Å². The second-order valence-electron chi connectivity index (χ2n) is 10.5.